The second kappa shape index (κ2) is 5.96. The molecule has 0 saturated carbocycles. The number of benzene rings is 1. The van der Waals surface area contributed by atoms with Crippen molar-refractivity contribution in [1.29, 1.82) is 0 Å². The van der Waals surface area contributed by atoms with E-state index < -0.39 is 17.8 Å². The quantitative estimate of drug-likeness (QED) is 0.894. The first-order chi connectivity index (χ1) is 10.9. The largest absolute Gasteiger partial charge is 0.481 e. The average Bonchev–Trinajstić information content (AvgIpc) is 3.07. The van der Waals surface area contributed by atoms with Crippen LogP contribution in [0, 0.1) is 25.7 Å². The lowest BCUT2D eigenvalue weighted by Crippen LogP contribution is -2.44. The molecule has 5 nitrogen and oxygen atoms in total. The van der Waals surface area contributed by atoms with Crippen LogP contribution in [-0.4, -0.2) is 29.2 Å². The number of hydrogen-bond acceptors (Lipinski definition) is 3. The lowest BCUT2D eigenvalue weighted by Gasteiger charge is -2.26. The molecule has 0 radical (unpaired) electrons. The Bertz CT molecular complexity index is 642. The topological polar surface area (TPSA) is 75.6 Å². The zero-order valence-electron chi connectivity index (χ0n) is 13.7. The Labute approximate surface area is 136 Å². The summed E-state index contributed by atoms with van der Waals surface area (Å²) in [6.45, 7) is 5.98. The summed E-state index contributed by atoms with van der Waals surface area (Å²) in [4.78, 5) is 24.2. The van der Waals surface area contributed by atoms with Crippen LogP contribution in [0.5, 0.6) is 0 Å². The lowest BCUT2D eigenvalue weighted by molar-refractivity contribution is -0.148. The highest BCUT2D eigenvalue weighted by atomic mass is 16.5. The van der Waals surface area contributed by atoms with Crippen molar-refractivity contribution in [3.63, 3.8) is 0 Å². The number of aryl methyl sites for hydroxylation is 2. The lowest BCUT2D eigenvalue weighted by atomic mass is 9.78. The van der Waals surface area contributed by atoms with Crippen molar-refractivity contribution < 1.29 is 19.4 Å². The van der Waals surface area contributed by atoms with Crippen molar-refractivity contribution >= 4 is 11.9 Å². The zero-order chi connectivity index (χ0) is 16.7. The summed E-state index contributed by atoms with van der Waals surface area (Å²) in [6.07, 6.45) is 0.930. The monoisotopic (exact) mass is 317 g/mol. The molecule has 2 N–H and O–H groups in total. The van der Waals surface area contributed by atoms with Crippen molar-refractivity contribution in [1.82, 2.24) is 5.32 Å². The van der Waals surface area contributed by atoms with E-state index in [1.165, 1.54) is 5.56 Å². The van der Waals surface area contributed by atoms with E-state index in [2.05, 4.69) is 11.4 Å². The van der Waals surface area contributed by atoms with Gasteiger partial charge in [-0.1, -0.05) is 23.8 Å². The smallest absolute Gasteiger partial charge is 0.310 e. The predicted molar refractivity (Wildman–Crippen MR) is 85.0 cm³/mol. The molecule has 0 unspecified atom stereocenters. The highest BCUT2D eigenvalue weighted by Gasteiger charge is 2.55. The van der Waals surface area contributed by atoms with Crippen LogP contribution in [0.15, 0.2) is 18.2 Å². The molecule has 1 amide bonds. The second-order valence-electron chi connectivity index (χ2n) is 6.77. The van der Waals surface area contributed by atoms with E-state index in [9.17, 15) is 14.7 Å². The Morgan fingerprint density at radius 1 is 1.22 bits per heavy atom. The molecule has 2 fully saturated rings. The van der Waals surface area contributed by atoms with Crippen molar-refractivity contribution in [2.45, 2.75) is 51.9 Å². The summed E-state index contributed by atoms with van der Waals surface area (Å²) in [5.41, 5.74) is 3.36. The van der Waals surface area contributed by atoms with Gasteiger partial charge in [-0.15, -0.1) is 0 Å². The molecule has 2 aliphatic heterocycles. The molecule has 23 heavy (non-hydrogen) atoms. The molecular weight excluding hydrogens is 294 g/mol. The number of carbonyl (C=O) groups is 2. The van der Waals surface area contributed by atoms with Gasteiger partial charge < -0.3 is 15.2 Å². The highest BCUT2D eigenvalue weighted by molar-refractivity contribution is 5.86. The van der Waals surface area contributed by atoms with Crippen LogP contribution < -0.4 is 5.32 Å². The first kappa shape index (κ1) is 16.0. The third-order valence-electron chi connectivity index (χ3n) is 5.11. The van der Waals surface area contributed by atoms with Crippen molar-refractivity contribution in [2.24, 2.45) is 11.8 Å². The molecule has 1 aromatic carbocycles. The van der Waals surface area contributed by atoms with Crippen LogP contribution in [0.2, 0.25) is 0 Å². The summed E-state index contributed by atoms with van der Waals surface area (Å²) in [7, 11) is 0. The highest BCUT2D eigenvalue weighted by Crippen LogP contribution is 2.43. The first-order valence-corrected chi connectivity index (χ1v) is 8.14. The van der Waals surface area contributed by atoms with E-state index in [-0.39, 0.29) is 24.2 Å². The molecule has 5 atom stereocenters. The standard InChI is InChI=1S/C18H23NO4/c1-9-4-5-12(10(2)8-9)11(3)19-17(20)15-13-6-7-14(23-13)16(15)18(21)22/h4-5,8,11,13-16H,6-7H2,1-3H3,(H,19,20)(H,21,22)/t11-,13+,14+,15-,16+/m1/s1. The predicted octanol–water partition coefficient (Wildman–Crippen LogP) is 2.36. The fourth-order valence-corrected chi connectivity index (χ4v) is 4.02. The molecule has 2 saturated heterocycles. The minimum absolute atomic E-state index is 0.156. The molecule has 0 spiro atoms. The molecule has 0 aromatic heterocycles. The van der Waals surface area contributed by atoms with Gasteiger partial charge in [0.05, 0.1) is 30.1 Å². The van der Waals surface area contributed by atoms with Crippen LogP contribution in [0.25, 0.3) is 0 Å². The molecule has 3 rings (SSSR count). The first-order valence-electron chi connectivity index (χ1n) is 8.14. The number of fused-ring (bicyclic) bond motifs is 2. The number of ether oxygens (including phenoxy) is 1. The maximum atomic E-state index is 12.7. The van der Waals surface area contributed by atoms with Gasteiger partial charge in [0.1, 0.15) is 0 Å². The second-order valence-corrected chi connectivity index (χ2v) is 6.77. The van der Waals surface area contributed by atoms with Crippen LogP contribution in [0.3, 0.4) is 0 Å². The van der Waals surface area contributed by atoms with Gasteiger partial charge in [-0.25, -0.2) is 0 Å². The van der Waals surface area contributed by atoms with Crippen molar-refractivity contribution in [3.8, 4) is 0 Å². The normalized spacial score (nSPS) is 30.2. The number of hydrogen-bond donors (Lipinski definition) is 2. The number of rotatable bonds is 4. The molecule has 2 heterocycles. The van der Waals surface area contributed by atoms with E-state index in [4.69, 9.17) is 4.74 Å². The van der Waals surface area contributed by atoms with Crippen LogP contribution >= 0.6 is 0 Å². The summed E-state index contributed by atoms with van der Waals surface area (Å²) in [5, 5.41) is 12.4. The Hall–Kier alpha value is -1.88. The van der Waals surface area contributed by atoms with Crippen molar-refractivity contribution in [3.05, 3.63) is 34.9 Å². The van der Waals surface area contributed by atoms with Crippen LogP contribution in [0.4, 0.5) is 0 Å². The molecule has 124 valence electrons. The summed E-state index contributed by atoms with van der Waals surface area (Å²) in [6, 6.07) is 5.96. The molecule has 2 aliphatic rings. The fraction of sp³-hybridized carbons (Fsp3) is 0.556. The number of carbonyl (C=O) groups excluding carboxylic acids is 1. The van der Waals surface area contributed by atoms with Crippen LogP contribution in [0.1, 0.15) is 42.5 Å². The summed E-state index contributed by atoms with van der Waals surface area (Å²) in [5.74, 6) is -2.45. The maximum Gasteiger partial charge on any atom is 0.310 e. The minimum Gasteiger partial charge on any atom is -0.481 e. The van der Waals surface area contributed by atoms with Gasteiger partial charge in [0, 0.05) is 0 Å². The Morgan fingerprint density at radius 2 is 1.87 bits per heavy atom. The molecule has 1 aromatic rings. The van der Waals surface area contributed by atoms with Gasteiger partial charge >= 0.3 is 5.97 Å². The van der Waals surface area contributed by atoms with E-state index in [0.717, 1.165) is 24.0 Å². The van der Waals surface area contributed by atoms with E-state index in [0.29, 0.717) is 0 Å². The number of aliphatic carboxylic acids is 1. The Kier molecular flexibility index (Phi) is 4.15. The fourth-order valence-electron chi connectivity index (χ4n) is 4.02. The zero-order valence-corrected chi connectivity index (χ0v) is 13.7. The van der Waals surface area contributed by atoms with Crippen molar-refractivity contribution in [2.75, 3.05) is 0 Å². The Balaban J connectivity index is 1.74. The SMILES string of the molecule is Cc1ccc([C@@H](C)NC(=O)[C@H]2[C@@H](C(=O)O)[C@@H]3CC[C@@H]2O3)c(C)c1. The number of nitrogens with one attached hydrogen (secondary N) is 1. The Morgan fingerprint density at radius 3 is 2.48 bits per heavy atom. The molecular formula is C18H23NO4. The van der Waals surface area contributed by atoms with Gasteiger partial charge in [0.2, 0.25) is 5.91 Å². The van der Waals surface area contributed by atoms with Gasteiger partial charge in [-0.05, 0) is 44.7 Å². The third-order valence-corrected chi connectivity index (χ3v) is 5.11. The average molecular weight is 317 g/mol. The summed E-state index contributed by atoms with van der Waals surface area (Å²) >= 11 is 0. The van der Waals surface area contributed by atoms with E-state index in [1.54, 1.807) is 0 Å². The summed E-state index contributed by atoms with van der Waals surface area (Å²) < 4.78 is 5.67. The molecule has 0 aliphatic carbocycles. The minimum atomic E-state index is -0.934. The van der Waals surface area contributed by atoms with Gasteiger partial charge in [0.25, 0.3) is 0 Å². The van der Waals surface area contributed by atoms with E-state index >= 15 is 0 Å². The van der Waals surface area contributed by atoms with E-state index in [1.807, 2.05) is 32.9 Å². The van der Waals surface area contributed by atoms with Gasteiger partial charge in [-0.2, -0.15) is 0 Å². The maximum absolute atomic E-state index is 12.7. The third kappa shape index (κ3) is 2.85. The number of amides is 1. The number of carboxylic acid groups (broad SMARTS) is 1. The molecule has 2 bridgehead atoms. The molecule has 5 heteroatoms. The van der Waals surface area contributed by atoms with Gasteiger partial charge in [0.15, 0.2) is 0 Å². The van der Waals surface area contributed by atoms with Gasteiger partial charge in [-0.3, -0.25) is 9.59 Å². The van der Waals surface area contributed by atoms with Crippen LogP contribution in [-0.2, 0) is 14.3 Å². The number of carboxylic acids is 1.